The van der Waals surface area contributed by atoms with Gasteiger partial charge in [0.15, 0.2) is 0 Å². The highest BCUT2D eigenvalue weighted by Crippen LogP contribution is 2.27. The smallest absolute Gasteiger partial charge is 0.256 e. The Kier molecular flexibility index (Phi) is 4.76. The third-order valence-corrected chi connectivity index (χ3v) is 3.68. The zero-order valence-electron chi connectivity index (χ0n) is 13.3. The molecule has 0 spiro atoms. The molecule has 1 amide bonds. The van der Waals surface area contributed by atoms with E-state index in [0.717, 1.165) is 11.4 Å². The average Bonchev–Trinajstić information content (AvgIpc) is 2.61. The number of carbonyl (C=O) groups is 1. The average molecular weight is 355 g/mol. The Bertz CT molecular complexity index is 903. The van der Waals surface area contributed by atoms with E-state index in [4.69, 9.17) is 17.3 Å². The van der Waals surface area contributed by atoms with Gasteiger partial charge in [-0.15, -0.1) is 0 Å². The van der Waals surface area contributed by atoms with Gasteiger partial charge in [-0.25, -0.2) is 15.0 Å². The molecule has 0 radical (unpaired) electrons. The number of nitrogens with one attached hydrogen (secondary N) is 1. The molecule has 0 fully saturated rings. The van der Waals surface area contributed by atoms with E-state index in [1.165, 1.54) is 6.33 Å². The number of pyridine rings is 1. The summed E-state index contributed by atoms with van der Waals surface area (Å²) in [7, 11) is 1.84. The third kappa shape index (κ3) is 4.02. The Balaban J connectivity index is 1.85. The molecule has 0 saturated carbocycles. The third-order valence-electron chi connectivity index (χ3n) is 3.49. The summed E-state index contributed by atoms with van der Waals surface area (Å²) in [4.78, 5) is 26.3. The van der Waals surface area contributed by atoms with Gasteiger partial charge in [0, 0.05) is 30.1 Å². The molecule has 2 aromatic heterocycles. The molecule has 3 aromatic rings. The van der Waals surface area contributed by atoms with Gasteiger partial charge in [-0.2, -0.15) is 0 Å². The lowest BCUT2D eigenvalue weighted by Gasteiger charge is -2.19. The summed E-state index contributed by atoms with van der Waals surface area (Å²) >= 11 is 6.10. The number of nitrogen functional groups attached to an aromatic ring is 1. The SMILES string of the molecule is CN(c1cncnc1)c1cc(Cl)nc(NC(=O)c2cccc(N)c2)c1. The molecule has 0 aliphatic carbocycles. The van der Waals surface area contributed by atoms with Crippen LogP contribution in [0.5, 0.6) is 0 Å². The Labute approximate surface area is 149 Å². The predicted molar refractivity (Wildman–Crippen MR) is 98.1 cm³/mol. The largest absolute Gasteiger partial charge is 0.399 e. The minimum absolute atomic E-state index is 0.254. The first-order valence-electron chi connectivity index (χ1n) is 7.36. The van der Waals surface area contributed by atoms with Gasteiger partial charge in [-0.05, 0) is 24.3 Å². The second kappa shape index (κ2) is 7.14. The number of carbonyl (C=O) groups excluding carboxylic acids is 1. The number of halogens is 1. The molecule has 3 rings (SSSR count). The number of amides is 1. The summed E-state index contributed by atoms with van der Waals surface area (Å²) in [5.74, 6) is 0.0114. The quantitative estimate of drug-likeness (QED) is 0.552. The van der Waals surface area contributed by atoms with Crippen molar-refractivity contribution in [3.05, 3.63) is 65.8 Å². The summed E-state index contributed by atoms with van der Waals surface area (Å²) in [5, 5.41) is 2.98. The molecule has 3 N–H and O–H groups in total. The van der Waals surface area contributed by atoms with Crippen LogP contribution in [0, 0.1) is 0 Å². The van der Waals surface area contributed by atoms with Crippen LogP contribution in [0.1, 0.15) is 10.4 Å². The molecule has 126 valence electrons. The molecule has 2 heterocycles. The molecule has 1 aromatic carbocycles. The van der Waals surface area contributed by atoms with E-state index in [1.54, 1.807) is 48.8 Å². The maximum absolute atomic E-state index is 12.3. The molecule has 8 heteroatoms. The predicted octanol–water partition coefficient (Wildman–Crippen LogP) is 3.13. The van der Waals surface area contributed by atoms with Gasteiger partial charge in [0.25, 0.3) is 5.91 Å². The van der Waals surface area contributed by atoms with Gasteiger partial charge >= 0.3 is 0 Å². The molecule has 0 bridgehead atoms. The second-order valence-corrected chi connectivity index (χ2v) is 5.66. The fourth-order valence-corrected chi connectivity index (χ4v) is 2.43. The summed E-state index contributed by atoms with van der Waals surface area (Å²) in [6.45, 7) is 0. The van der Waals surface area contributed by atoms with Crippen LogP contribution in [0.4, 0.5) is 22.9 Å². The van der Waals surface area contributed by atoms with Crippen LogP contribution in [-0.4, -0.2) is 27.9 Å². The number of aromatic nitrogens is 3. The highest BCUT2D eigenvalue weighted by Gasteiger charge is 2.11. The molecule has 7 nitrogen and oxygen atoms in total. The monoisotopic (exact) mass is 354 g/mol. The van der Waals surface area contributed by atoms with Crippen LogP contribution >= 0.6 is 11.6 Å². The second-order valence-electron chi connectivity index (χ2n) is 5.27. The first-order valence-corrected chi connectivity index (χ1v) is 7.74. The van der Waals surface area contributed by atoms with Crippen LogP contribution in [0.3, 0.4) is 0 Å². The number of nitrogens with zero attached hydrogens (tertiary/aromatic N) is 4. The first kappa shape index (κ1) is 16.7. The summed E-state index contributed by atoms with van der Waals surface area (Å²) in [6.07, 6.45) is 4.80. The van der Waals surface area contributed by atoms with Crippen molar-refractivity contribution in [3.63, 3.8) is 0 Å². The maximum atomic E-state index is 12.3. The van der Waals surface area contributed by atoms with Crippen molar-refractivity contribution in [1.82, 2.24) is 15.0 Å². The molecule has 25 heavy (non-hydrogen) atoms. The fraction of sp³-hybridized carbons (Fsp3) is 0.0588. The lowest BCUT2D eigenvalue weighted by atomic mass is 10.2. The number of benzene rings is 1. The zero-order valence-corrected chi connectivity index (χ0v) is 14.1. The lowest BCUT2D eigenvalue weighted by Crippen LogP contribution is -2.15. The topological polar surface area (TPSA) is 97.0 Å². The van der Waals surface area contributed by atoms with Gasteiger partial charge in [-0.3, -0.25) is 4.79 Å². The highest BCUT2D eigenvalue weighted by molar-refractivity contribution is 6.29. The zero-order chi connectivity index (χ0) is 17.8. The van der Waals surface area contributed by atoms with Crippen LogP contribution in [0.25, 0.3) is 0 Å². The van der Waals surface area contributed by atoms with E-state index in [2.05, 4.69) is 20.3 Å². The number of hydrogen-bond acceptors (Lipinski definition) is 6. The van der Waals surface area contributed by atoms with Crippen LogP contribution < -0.4 is 16.0 Å². The summed E-state index contributed by atoms with van der Waals surface area (Å²) < 4.78 is 0. The summed E-state index contributed by atoms with van der Waals surface area (Å²) in [6, 6.07) is 10.1. The Morgan fingerprint density at radius 1 is 1.16 bits per heavy atom. The van der Waals surface area contributed by atoms with Crippen LogP contribution in [-0.2, 0) is 0 Å². The van der Waals surface area contributed by atoms with Gasteiger partial charge in [0.05, 0.1) is 18.1 Å². The number of rotatable bonds is 4. The number of hydrogen-bond donors (Lipinski definition) is 2. The minimum Gasteiger partial charge on any atom is -0.399 e. The fourth-order valence-electron chi connectivity index (χ4n) is 2.22. The molecule has 0 unspecified atom stereocenters. The molecule has 0 aliphatic heterocycles. The molecule has 0 aliphatic rings. The Hall–Kier alpha value is -3.19. The van der Waals surface area contributed by atoms with Crippen LogP contribution in [0.2, 0.25) is 5.15 Å². The van der Waals surface area contributed by atoms with E-state index in [1.807, 2.05) is 11.9 Å². The van der Waals surface area contributed by atoms with Crippen LogP contribution in [0.15, 0.2) is 55.1 Å². The van der Waals surface area contributed by atoms with E-state index in [0.29, 0.717) is 17.1 Å². The minimum atomic E-state index is -0.321. The van der Waals surface area contributed by atoms with Crippen molar-refractivity contribution >= 4 is 40.4 Å². The molecular formula is C17H15ClN6O. The van der Waals surface area contributed by atoms with E-state index < -0.39 is 0 Å². The van der Waals surface area contributed by atoms with E-state index in [9.17, 15) is 4.79 Å². The van der Waals surface area contributed by atoms with Gasteiger partial charge < -0.3 is 16.0 Å². The van der Waals surface area contributed by atoms with Crippen molar-refractivity contribution in [2.75, 3.05) is 23.0 Å². The highest BCUT2D eigenvalue weighted by atomic mass is 35.5. The van der Waals surface area contributed by atoms with Crippen molar-refractivity contribution in [1.29, 1.82) is 0 Å². The first-order chi connectivity index (χ1) is 12.0. The Morgan fingerprint density at radius 3 is 2.64 bits per heavy atom. The molecule has 0 atom stereocenters. The molecule has 0 saturated heterocycles. The van der Waals surface area contributed by atoms with Crippen molar-refractivity contribution in [2.24, 2.45) is 0 Å². The Morgan fingerprint density at radius 2 is 1.92 bits per heavy atom. The van der Waals surface area contributed by atoms with Gasteiger partial charge in [-0.1, -0.05) is 17.7 Å². The van der Waals surface area contributed by atoms with Crippen molar-refractivity contribution < 1.29 is 4.79 Å². The van der Waals surface area contributed by atoms with E-state index in [-0.39, 0.29) is 11.1 Å². The molecular weight excluding hydrogens is 340 g/mol. The standard InChI is InChI=1S/C17H15ClN6O/c1-24(14-8-20-10-21-9-14)13-6-15(18)22-16(7-13)23-17(25)11-3-2-4-12(19)5-11/h2-10H,19H2,1H3,(H,22,23,25). The number of anilines is 4. The van der Waals surface area contributed by atoms with Crippen molar-refractivity contribution in [3.8, 4) is 0 Å². The van der Waals surface area contributed by atoms with Crippen molar-refractivity contribution in [2.45, 2.75) is 0 Å². The van der Waals surface area contributed by atoms with Gasteiger partial charge in [0.1, 0.15) is 17.3 Å². The van der Waals surface area contributed by atoms with Gasteiger partial charge in [0.2, 0.25) is 0 Å². The van der Waals surface area contributed by atoms with E-state index >= 15 is 0 Å². The maximum Gasteiger partial charge on any atom is 0.256 e. The number of nitrogens with two attached hydrogens (primary N) is 1. The summed E-state index contributed by atoms with van der Waals surface area (Å²) in [5.41, 5.74) is 8.17. The normalized spacial score (nSPS) is 10.3. The lowest BCUT2D eigenvalue weighted by molar-refractivity contribution is 0.102.